The topological polar surface area (TPSA) is 29.1 Å². The second-order valence-corrected chi connectivity index (χ2v) is 5.18. The van der Waals surface area contributed by atoms with Crippen LogP contribution in [0.15, 0.2) is 28.7 Å². The van der Waals surface area contributed by atoms with Gasteiger partial charge in [-0.1, -0.05) is 31.4 Å². The van der Waals surface area contributed by atoms with E-state index in [1.54, 1.807) is 0 Å². The average molecular weight is 282 g/mol. The summed E-state index contributed by atoms with van der Waals surface area (Å²) in [5.74, 6) is 0.867. The van der Waals surface area contributed by atoms with E-state index in [0.717, 1.165) is 28.9 Å². The molecule has 1 amide bonds. The zero-order valence-electron chi connectivity index (χ0n) is 9.21. The first-order valence-corrected chi connectivity index (χ1v) is 6.59. The highest BCUT2D eigenvalue weighted by Crippen LogP contribution is 2.28. The third kappa shape index (κ3) is 2.85. The quantitative estimate of drug-likeness (QED) is 0.901. The van der Waals surface area contributed by atoms with Crippen molar-refractivity contribution in [2.75, 3.05) is 6.54 Å². The Balaban J connectivity index is 1.81. The number of benzene rings is 1. The summed E-state index contributed by atoms with van der Waals surface area (Å²) in [6.45, 7) is 0.796. The summed E-state index contributed by atoms with van der Waals surface area (Å²) in [6.07, 6.45) is 5.16. The molecule has 0 atom stereocenters. The van der Waals surface area contributed by atoms with E-state index >= 15 is 0 Å². The first-order valence-electron chi connectivity index (χ1n) is 5.80. The molecule has 0 aromatic heterocycles. The van der Waals surface area contributed by atoms with Crippen LogP contribution in [-0.4, -0.2) is 12.5 Å². The van der Waals surface area contributed by atoms with E-state index in [1.165, 1.54) is 19.3 Å². The fourth-order valence-corrected chi connectivity index (χ4v) is 2.38. The van der Waals surface area contributed by atoms with Crippen molar-refractivity contribution < 1.29 is 4.79 Å². The van der Waals surface area contributed by atoms with Crippen molar-refractivity contribution in [2.45, 2.75) is 25.7 Å². The van der Waals surface area contributed by atoms with Crippen molar-refractivity contribution >= 4 is 21.8 Å². The maximum atomic E-state index is 11.8. The molecule has 3 heteroatoms. The highest BCUT2D eigenvalue weighted by Gasteiger charge is 2.17. The Morgan fingerprint density at radius 1 is 1.38 bits per heavy atom. The van der Waals surface area contributed by atoms with E-state index in [9.17, 15) is 4.79 Å². The molecule has 16 heavy (non-hydrogen) atoms. The lowest BCUT2D eigenvalue weighted by Gasteiger charge is -2.25. The van der Waals surface area contributed by atoms with Gasteiger partial charge in [0.05, 0.1) is 5.56 Å². The third-order valence-electron chi connectivity index (χ3n) is 3.18. The van der Waals surface area contributed by atoms with Crippen molar-refractivity contribution in [1.29, 1.82) is 0 Å². The van der Waals surface area contributed by atoms with Gasteiger partial charge in [-0.2, -0.15) is 0 Å². The fourth-order valence-electron chi connectivity index (χ4n) is 1.91. The van der Waals surface area contributed by atoms with Gasteiger partial charge in [0.1, 0.15) is 0 Å². The van der Waals surface area contributed by atoms with Crippen LogP contribution < -0.4 is 5.32 Å². The summed E-state index contributed by atoms with van der Waals surface area (Å²) in [4.78, 5) is 11.8. The van der Waals surface area contributed by atoms with E-state index in [0.29, 0.717) is 0 Å². The molecule has 0 heterocycles. The van der Waals surface area contributed by atoms with Gasteiger partial charge in [0.15, 0.2) is 0 Å². The number of carbonyl (C=O) groups is 1. The zero-order chi connectivity index (χ0) is 11.4. The molecule has 1 aliphatic rings. The molecule has 0 saturated heterocycles. The van der Waals surface area contributed by atoms with E-state index in [1.807, 2.05) is 24.3 Å². The molecule has 0 radical (unpaired) electrons. The molecular formula is C13H16BrNO. The predicted octanol–water partition coefficient (Wildman–Crippen LogP) is 3.37. The Bertz CT molecular complexity index is 374. The minimum absolute atomic E-state index is 0.0202. The summed E-state index contributed by atoms with van der Waals surface area (Å²) in [6, 6.07) is 7.52. The molecule has 0 spiro atoms. The standard InChI is InChI=1S/C13H16BrNO/c14-12-7-2-1-6-11(12)13(16)15-9-8-10-4-3-5-10/h1-2,6-7,10H,3-5,8-9H2,(H,15,16). The molecule has 1 aromatic carbocycles. The fraction of sp³-hybridized carbons (Fsp3) is 0.462. The monoisotopic (exact) mass is 281 g/mol. The largest absolute Gasteiger partial charge is 0.352 e. The van der Waals surface area contributed by atoms with Crippen molar-refractivity contribution in [2.24, 2.45) is 5.92 Å². The van der Waals surface area contributed by atoms with Crippen LogP contribution in [0.4, 0.5) is 0 Å². The van der Waals surface area contributed by atoms with Gasteiger partial charge in [-0.25, -0.2) is 0 Å². The maximum absolute atomic E-state index is 11.8. The van der Waals surface area contributed by atoms with Gasteiger partial charge in [0.2, 0.25) is 0 Å². The number of rotatable bonds is 4. The summed E-state index contributed by atoms with van der Waals surface area (Å²) < 4.78 is 0.858. The lowest BCUT2D eigenvalue weighted by atomic mass is 9.83. The van der Waals surface area contributed by atoms with Crippen molar-refractivity contribution in [1.82, 2.24) is 5.32 Å². The zero-order valence-corrected chi connectivity index (χ0v) is 10.8. The number of carbonyl (C=O) groups excluding carboxylic acids is 1. The van der Waals surface area contributed by atoms with E-state index in [2.05, 4.69) is 21.2 Å². The van der Waals surface area contributed by atoms with Gasteiger partial charge in [-0.3, -0.25) is 4.79 Å². The van der Waals surface area contributed by atoms with E-state index in [-0.39, 0.29) is 5.91 Å². The predicted molar refractivity (Wildman–Crippen MR) is 68.4 cm³/mol. The van der Waals surface area contributed by atoms with Crippen LogP contribution in [0.25, 0.3) is 0 Å². The molecule has 1 N–H and O–H groups in total. The number of halogens is 1. The summed E-state index contributed by atoms with van der Waals surface area (Å²) >= 11 is 3.38. The summed E-state index contributed by atoms with van der Waals surface area (Å²) in [7, 11) is 0. The van der Waals surface area contributed by atoms with Gasteiger partial charge in [0.25, 0.3) is 5.91 Å². The van der Waals surface area contributed by atoms with Crippen LogP contribution in [0, 0.1) is 5.92 Å². The molecular weight excluding hydrogens is 266 g/mol. The van der Waals surface area contributed by atoms with Crippen LogP contribution in [0.3, 0.4) is 0 Å². The van der Waals surface area contributed by atoms with Crippen molar-refractivity contribution in [3.8, 4) is 0 Å². The Kier molecular flexibility index (Phi) is 3.99. The van der Waals surface area contributed by atoms with E-state index in [4.69, 9.17) is 0 Å². The minimum Gasteiger partial charge on any atom is -0.352 e. The van der Waals surface area contributed by atoms with Gasteiger partial charge in [-0.05, 0) is 40.4 Å². The molecule has 0 aliphatic heterocycles. The van der Waals surface area contributed by atoms with E-state index < -0.39 is 0 Å². The molecule has 0 bridgehead atoms. The first kappa shape index (κ1) is 11.6. The van der Waals surface area contributed by atoms with Crippen molar-refractivity contribution in [3.05, 3.63) is 34.3 Å². The Hall–Kier alpha value is -0.830. The number of amides is 1. The van der Waals surface area contributed by atoms with Crippen molar-refractivity contribution in [3.63, 3.8) is 0 Å². The molecule has 2 nitrogen and oxygen atoms in total. The van der Waals surface area contributed by atoms with Crippen LogP contribution in [-0.2, 0) is 0 Å². The first-order chi connectivity index (χ1) is 7.77. The summed E-state index contributed by atoms with van der Waals surface area (Å²) in [5.41, 5.74) is 0.719. The Labute approximate surface area is 105 Å². The second kappa shape index (κ2) is 5.48. The SMILES string of the molecule is O=C(NCCC1CCC1)c1ccccc1Br. The third-order valence-corrected chi connectivity index (χ3v) is 3.87. The van der Waals surface area contributed by atoms with Crippen LogP contribution >= 0.6 is 15.9 Å². The van der Waals surface area contributed by atoms with Gasteiger partial charge < -0.3 is 5.32 Å². The smallest absolute Gasteiger partial charge is 0.252 e. The Morgan fingerprint density at radius 2 is 2.12 bits per heavy atom. The second-order valence-electron chi connectivity index (χ2n) is 4.32. The highest BCUT2D eigenvalue weighted by molar-refractivity contribution is 9.10. The normalized spacial score (nSPS) is 15.6. The molecule has 1 saturated carbocycles. The molecule has 1 aliphatic carbocycles. The Morgan fingerprint density at radius 3 is 2.75 bits per heavy atom. The highest BCUT2D eigenvalue weighted by atomic mass is 79.9. The number of hydrogen-bond donors (Lipinski definition) is 1. The molecule has 2 rings (SSSR count). The van der Waals surface area contributed by atoms with Gasteiger partial charge in [-0.15, -0.1) is 0 Å². The van der Waals surface area contributed by atoms with Crippen LogP contribution in [0.1, 0.15) is 36.0 Å². The van der Waals surface area contributed by atoms with Crippen LogP contribution in [0.5, 0.6) is 0 Å². The van der Waals surface area contributed by atoms with Gasteiger partial charge >= 0.3 is 0 Å². The maximum Gasteiger partial charge on any atom is 0.252 e. The van der Waals surface area contributed by atoms with Crippen LogP contribution in [0.2, 0.25) is 0 Å². The van der Waals surface area contributed by atoms with Gasteiger partial charge in [0, 0.05) is 11.0 Å². The lowest BCUT2D eigenvalue weighted by molar-refractivity contribution is 0.0948. The molecule has 86 valence electrons. The molecule has 1 aromatic rings. The number of hydrogen-bond acceptors (Lipinski definition) is 1. The summed E-state index contributed by atoms with van der Waals surface area (Å²) in [5, 5.41) is 2.97. The molecule has 1 fully saturated rings. The average Bonchev–Trinajstić information content (AvgIpc) is 2.22. The lowest BCUT2D eigenvalue weighted by Crippen LogP contribution is -2.27. The minimum atomic E-state index is 0.0202. The number of nitrogens with one attached hydrogen (secondary N) is 1. The molecule has 0 unspecified atom stereocenters.